The number of hydrogen-bond donors (Lipinski definition) is 2. The van der Waals surface area contributed by atoms with Crippen LogP contribution in [-0.4, -0.2) is 26.7 Å². The Hall–Kier alpha value is -4.89. The fourth-order valence-electron chi connectivity index (χ4n) is 4.21. The Bertz CT molecular complexity index is 1800. The molecule has 5 aromatic rings. The van der Waals surface area contributed by atoms with Crippen LogP contribution in [0.3, 0.4) is 0 Å². The number of aromatic nitrogens is 2. The molecule has 174 valence electrons. The molecule has 1 aliphatic heterocycles. The molecule has 0 spiro atoms. The maximum atomic E-state index is 13.1. The van der Waals surface area contributed by atoms with E-state index in [4.69, 9.17) is 16.6 Å². The van der Waals surface area contributed by atoms with Gasteiger partial charge >= 0.3 is 5.63 Å². The first-order valence-electron chi connectivity index (χ1n) is 11.0. The van der Waals surface area contributed by atoms with Crippen LogP contribution < -0.4 is 16.3 Å². The second-order valence-corrected chi connectivity index (χ2v) is 8.56. The number of nitrogens with one attached hydrogen (secondary N) is 2. The number of fused-ring (bicyclic) bond motifs is 3. The third-order valence-corrected chi connectivity index (χ3v) is 6.11. The van der Waals surface area contributed by atoms with E-state index in [0.29, 0.717) is 11.1 Å². The average molecular weight is 493 g/mol. The van der Waals surface area contributed by atoms with Gasteiger partial charge in [-0.15, -0.1) is 0 Å². The lowest BCUT2D eigenvalue weighted by atomic mass is 10.0. The van der Waals surface area contributed by atoms with E-state index in [2.05, 4.69) is 15.7 Å². The van der Waals surface area contributed by atoms with E-state index in [9.17, 15) is 14.4 Å². The molecule has 2 N–H and O–H groups in total. The molecule has 0 saturated carbocycles. The van der Waals surface area contributed by atoms with Gasteiger partial charge in [0.1, 0.15) is 16.9 Å². The third kappa shape index (κ3) is 3.68. The largest absolute Gasteiger partial charge is 0.422 e. The van der Waals surface area contributed by atoms with Crippen LogP contribution in [0, 0.1) is 0 Å². The molecule has 0 aliphatic carbocycles. The number of amides is 2. The molecule has 3 heterocycles. The zero-order chi connectivity index (χ0) is 24.8. The number of carbonyl (C=O) groups is 2. The first-order chi connectivity index (χ1) is 17.5. The lowest BCUT2D eigenvalue weighted by Crippen LogP contribution is -2.51. The van der Waals surface area contributed by atoms with Gasteiger partial charge in [-0.3, -0.25) is 20.2 Å². The van der Waals surface area contributed by atoms with Crippen molar-refractivity contribution in [3.8, 4) is 16.9 Å². The summed E-state index contributed by atoms with van der Waals surface area (Å²) in [6.45, 7) is 0. The first kappa shape index (κ1) is 21.6. The van der Waals surface area contributed by atoms with Gasteiger partial charge in [0.25, 0.3) is 11.8 Å². The zero-order valence-electron chi connectivity index (χ0n) is 18.5. The second-order valence-electron chi connectivity index (χ2n) is 8.15. The number of benzene rings is 3. The summed E-state index contributed by atoms with van der Waals surface area (Å²) in [6.07, 6.45) is 3.04. The number of thiocarbonyl (C=S) groups is 1. The van der Waals surface area contributed by atoms with Crippen molar-refractivity contribution >= 4 is 57.0 Å². The molecule has 6 rings (SSSR count). The molecular formula is C27H16N4O4S. The van der Waals surface area contributed by atoms with Crippen molar-refractivity contribution in [1.29, 1.82) is 0 Å². The van der Waals surface area contributed by atoms with Crippen molar-refractivity contribution in [2.24, 2.45) is 0 Å². The van der Waals surface area contributed by atoms with Crippen LogP contribution in [0.25, 0.3) is 44.8 Å². The van der Waals surface area contributed by atoms with Crippen molar-refractivity contribution in [1.82, 2.24) is 20.4 Å². The summed E-state index contributed by atoms with van der Waals surface area (Å²) in [5.74, 6) is -1.28. The van der Waals surface area contributed by atoms with Gasteiger partial charge in [0, 0.05) is 17.1 Å². The molecule has 3 aromatic carbocycles. The summed E-state index contributed by atoms with van der Waals surface area (Å²) in [7, 11) is 0. The van der Waals surface area contributed by atoms with E-state index in [1.807, 2.05) is 60.7 Å². The van der Waals surface area contributed by atoms with Crippen molar-refractivity contribution in [2.45, 2.75) is 0 Å². The number of para-hydroxylation sites is 1. The minimum atomic E-state index is -0.640. The third-order valence-electron chi connectivity index (χ3n) is 5.90. The van der Waals surface area contributed by atoms with Gasteiger partial charge in [-0.25, -0.2) is 9.48 Å². The number of nitrogens with zero attached hydrogens (tertiary/aromatic N) is 2. The molecule has 2 amide bonds. The van der Waals surface area contributed by atoms with E-state index in [1.165, 1.54) is 6.08 Å². The maximum Gasteiger partial charge on any atom is 0.345 e. The first-order valence-corrected chi connectivity index (χ1v) is 11.4. The molecule has 1 saturated heterocycles. The molecule has 9 heteroatoms. The number of hydrogen-bond acceptors (Lipinski definition) is 6. The highest BCUT2D eigenvalue weighted by Crippen LogP contribution is 2.30. The fraction of sp³-hybridized carbons (Fsp3) is 0. The highest BCUT2D eigenvalue weighted by molar-refractivity contribution is 7.80. The van der Waals surface area contributed by atoms with E-state index in [-0.39, 0.29) is 21.9 Å². The fourth-order valence-corrected chi connectivity index (χ4v) is 4.40. The van der Waals surface area contributed by atoms with E-state index in [1.54, 1.807) is 23.0 Å². The predicted octanol–water partition coefficient (Wildman–Crippen LogP) is 3.71. The zero-order valence-corrected chi connectivity index (χ0v) is 19.3. The van der Waals surface area contributed by atoms with Crippen LogP contribution >= 0.6 is 12.2 Å². The highest BCUT2D eigenvalue weighted by atomic mass is 32.1. The Morgan fingerprint density at radius 1 is 0.861 bits per heavy atom. The van der Waals surface area contributed by atoms with E-state index < -0.39 is 17.4 Å². The number of carbonyl (C=O) groups excluding carboxylic acids is 2. The van der Waals surface area contributed by atoms with Gasteiger partial charge in [-0.1, -0.05) is 48.5 Å². The van der Waals surface area contributed by atoms with Crippen LogP contribution in [0.5, 0.6) is 0 Å². The van der Waals surface area contributed by atoms with Gasteiger partial charge < -0.3 is 4.42 Å². The molecule has 2 aromatic heterocycles. The molecule has 8 nitrogen and oxygen atoms in total. The van der Waals surface area contributed by atoms with E-state index >= 15 is 0 Å². The van der Waals surface area contributed by atoms with Gasteiger partial charge in [0.05, 0.1) is 11.3 Å². The summed E-state index contributed by atoms with van der Waals surface area (Å²) in [6, 6.07) is 22.4. The predicted molar refractivity (Wildman–Crippen MR) is 139 cm³/mol. The summed E-state index contributed by atoms with van der Waals surface area (Å²) in [5.41, 5.74) is 1.29. The molecule has 0 atom stereocenters. The van der Waals surface area contributed by atoms with Crippen LogP contribution in [0.4, 0.5) is 0 Å². The molecule has 1 aliphatic rings. The number of rotatable bonds is 3. The van der Waals surface area contributed by atoms with Crippen molar-refractivity contribution < 1.29 is 14.0 Å². The average Bonchev–Trinajstić information content (AvgIpc) is 3.30. The van der Waals surface area contributed by atoms with Crippen LogP contribution in [0.2, 0.25) is 0 Å². The standard InChI is InChI=1S/C27H16N4O4S/c32-24-21(25(33)29-27(36)28-24)12-16-14-31(17-7-2-1-3-8-17)30-23(16)20-13-19-18-9-5-4-6-15(18)10-11-22(19)35-26(20)34/h1-14H,(H2,28,29,32,33,36). The SMILES string of the molecule is O=C1NC(=S)NC(=O)C1=Cc1cn(-c2ccccc2)nc1-c1cc2c(ccc3ccccc32)oc1=O. The van der Waals surface area contributed by atoms with Gasteiger partial charge in [-0.05, 0) is 53.3 Å². The topological polar surface area (TPSA) is 106 Å². The molecule has 1 fully saturated rings. The molecule has 0 unspecified atom stereocenters. The van der Waals surface area contributed by atoms with Crippen molar-refractivity contribution in [3.63, 3.8) is 0 Å². The van der Waals surface area contributed by atoms with Crippen LogP contribution in [-0.2, 0) is 9.59 Å². The summed E-state index contributed by atoms with van der Waals surface area (Å²) < 4.78 is 7.25. The van der Waals surface area contributed by atoms with Gasteiger partial charge in [0.15, 0.2) is 5.11 Å². The van der Waals surface area contributed by atoms with E-state index in [0.717, 1.165) is 21.8 Å². The lowest BCUT2D eigenvalue weighted by Gasteiger charge is -2.16. The van der Waals surface area contributed by atoms with Gasteiger partial charge in [-0.2, -0.15) is 5.10 Å². The maximum absolute atomic E-state index is 13.1. The summed E-state index contributed by atoms with van der Waals surface area (Å²) in [5, 5.41) is 12.1. The molecular weight excluding hydrogens is 476 g/mol. The lowest BCUT2D eigenvalue weighted by molar-refractivity contribution is -0.123. The van der Waals surface area contributed by atoms with Gasteiger partial charge in [0.2, 0.25) is 0 Å². The molecule has 0 bridgehead atoms. The monoisotopic (exact) mass is 492 g/mol. The Kier molecular flexibility index (Phi) is 5.05. The minimum Gasteiger partial charge on any atom is -0.422 e. The summed E-state index contributed by atoms with van der Waals surface area (Å²) >= 11 is 4.89. The minimum absolute atomic E-state index is 0.0654. The van der Waals surface area contributed by atoms with Crippen molar-refractivity contribution in [3.05, 3.63) is 101 Å². The Morgan fingerprint density at radius 3 is 2.36 bits per heavy atom. The highest BCUT2D eigenvalue weighted by Gasteiger charge is 2.27. The Balaban J connectivity index is 1.60. The normalized spacial score (nSPS) is 13.7. The Labute approximate surface area is 208 Å². The molecule has 36 heavy (non-hydrogen) atoms. The summed E-state index contributed by atoms with van der Waals surface area (Å²) in [4.78, 5) is 38.1. The van der Waals surface area contributed by atoms with Crippen molar-refractivity contribution in [2.75, 3.05) is 0 Å². The quantitative estimate of drug-likeness (QED) is 0.131. The van der Waals surface area contributed by atoms with Crippen LogP contribution in [0.1, 0.15) is 5.56 Å². The molecule has 0 radical (unpaired) electrons. The smallest absolute Gasteiger partial charge is 0.345 e. The second kappa shape index (κ2) is 8.40. The van der Waals surface area contributed by atoms with Crippen LogP contribution in [0.15, 0.2) is 93.8 Å². The Morgan fingerprint density at radius 2 is 1.58 bits per heavy atom.